The van der Waals surface area contributed by atoms with Crippen LogP contribution in [-0.4, -0.2) is 56.4 Å². The molecule has 0 unspecified atom stereocenters. The summed E-state index contributed by atoms with van der Waals surface area (Å²) >= 11 is 1.64. The van der Waals surface area contributed by atoms with Crippen molar-refractivity contribution >= 4 is 22.2 Å². The van der Waals surface area contributed by atoms with E-state index in [0.29, 0.717) is 28.6 Å². The van der Waals surface area contributed by atoms with Crippen molar-refractivity contribution in [3.05, 3.63) is 57.2 Å². The number of aliphatic hydroxyl groups excluding tert-OH is 4. The molecule has 0 aliphatic carbocycles. The summed E-state index contributed by atoms with van der Waals surface area (Å²) < 4.78 is 20.5. The number of halogens is 1. The fourth-order valence-corrected chi connectivity index (χ4v) is 4.91. The number of H-pyrrole nitrogens is 1. The van der Waals surface area contributed by atoms with Gasteiger partial charge < -0.3 is 30.1 Å². The molecule has 8 heteroatoms. The SMILES string of the molecule is CCc1ccc(Cc2c([C@@H]3O[C@H](CO)[C@@H](O)[C@H](O)[C@H]3O)[nH]c3cccc(F)c23)s1. The van der Waals surface area contributed by atoms with E-state index in [1.165, 1.54) is 10.9 Å². The topological polar surface area (TPSA) is 106 Å². The molecular weight excluding hydrogens is 397 g/mol. The van der Waals surface area contributed by atoms with Gasteiger partial charge in [0.2, 0.25) is 0 Å². The van der Waals surface area contributed by atoms with E-state index < -0.39 is 42.9 Å². The second-order valence-corrected chi connectivity index (χ2v) is 8.58. The molecule has 1 fully saturated rings. The molecule has 1 aromatic carbocycles. The highest BCUT2D eigenvalue weighted by Gasteiger charge is 2.45. The summed E-state index contributed by atoms with van der Waals surface area (Å²) in [6.07, 6.45) is -5.11. The van der Waals surface area contributed by atoms with Crippen LogP contribution in [0.25, 0.3) is 10.9 Å². The second kappa shape index (κ2) is 8.14. The lowest BCUT2D eigenvalue weighted by molar-refractivity contribution is -0.232. The quantitative estimate of drug-likeness (QED) is 0.434. The van der Waals surface area contributed by atoms with Crippen LogP contribution in [-0.2, 0) is 17.6 Å². The first-order chi connectivity index (χ1) is 13.9. The highest BCUT2D eigenvalue weighted by atomic mass is 32.1. The molecule has 1 saturated heterocycles. The maximum atomic E-state index is 14.7. The van der Waals surface area contributed by atoms with Gasteiger partial charge in [0, 0.05) is 27.1 Å². The van der Waals surface area contributed by atoms with Gasteiger partial charge in [-0.05, 0) is 36.2 Å². The van der Waals surface area contributed by atoms with Crippen molar-refractivity contribution in [2.75, 3.05) is 6.61 Å². The molecule has 5 atom stereocenters. The van der Waals surface area contributed by atoms with Gasteiger partial charge in [0.15, 0.2) is 0 Å². The standard InChI is InChI=1S/C21H24FNO5S/c1-2-10-6-7-11(29-10)8-12-16-13(22)4-3-5-14(16)23-17(12)21-20(27)19(26)18(25)15(9-24)28-21/h3-7,15,18-21,23-27H,2,8-9H2,1H3/t15-,18-,19+,20-,21+/m1/s1. The first kappa shape index (κ1) is 20.5. The number of benzene rings is 1. The molecule has 5 N–H and O–H groups in total. The van der Waals surface area contributed by atoms with E-state index in [4.69, 9.17) is 4.74 Å². The summed E-state index contributed by atoms with van der Waals surface area (Å²) in [7, 11) is 0. The predicted molar refractivity (Wildman–Crippen MR) is 107 cm³/mol. The Labute approximate surface area is 171 Å². The highest BCUT2D eigenvalue weighted by Crippen LogP contribution is 2.38. The molecule has 4 rings (SSSR count). The zero-order chi connectivity index (χ0) is 20.7. The Bertz CT molecular complexity index is 1000. The van der Waals surface area contributed by atoms with Gasteiger partial charge in [-0.25, -0.2) is 4.39 Å². The Morgan fingerprint density at radius 3 is 2.52 bits per heavy atom. The molecule has 0 spiro atoms. The van der Waals surface area contributed by atoms with Gasteiger partial charge >= 0.3 is 0 Å². The number of aliphatic hydroxyl groups is 4. The minimum absolute atomic E-state index is 0.392. The van der Waals surface area contributed by atoms with Crippen molar-refractivity contribution in [1.29, 1.82) is 0 Å². The van der Waals surface area contributed by atoms with E-state index in [2.05, 4.69) is 11.9 Å². The van der Waals surface area contributed by atoms with Crippen LogP contribution in [0.1, 0.15) is 34.0 Å². The Hall–Kier alpha value is -1.81. The second-order valence-electron chi connectivity index (χ2n) is 7.33. The molecule has 0 bridgehead atoms. The Kier molecular flexibility index (Phi) is 5.74. The number of fused-ring (bicyclic) bond motifs is 1. The molecular formula is C21H24FNO5S. The van der Waals surface area contributed by atoms with Crippen molar-refractivity contribution in [1.82, 2.24) is 4.98 Å². The van der Waals surface area contributed by atoms with E-state index in [0.717, 1.165) is 11.3 Å². The van der Waals surface area contributed by atoms with Crippen LogP contribution in [0.3, 0.4) is 0 Å². The Morgan fingerprint density at radius 2 is 1.83 bits per heavy atom. The van der Waals surface area contributed by atoms with E-state index >= 15 is 0 Å². The van der Waals surface area contributed by atoms with Crippen LogP contribution in [0.2, 0.25) is 0 Å². The smallest absolute Gasteiger partial charge is 0.132 e. The molecule has 2 aromatic heterocycles. The van der Waals surface area contributed by atoms with E-state index in [1.54, 1.807) is 23.5 Å². The van der Waals surface area contributed by atoms with Crippen molar-refractivity contribution in [2.24, 2.45) is 0 Å². The Balaban J connectivity index is 1.82. The maximum absolute atomic E-state index is 14.7. The number of nitrogens with one attached hydrogen (secondary N) is 1. The summed E-state index contributed by atoms with van der Waals surface area (Å²) in [4.78, 5) is 5.39. The molecule has 0 amide bonds. The summed E-state index contributed by atoms with van der Waals surface area (Å²) in [6.45, 7) is 1.55. The van der Waals surface area contributed by atoms with E-state index in [-0.39, 0.29) is 0 Å². The number of hydrogen-bond donors (Lipinski definition) is 5. The molecule has 156 valence electrons. The largest absolute Gasteiger partial charge is 0.394 e. The van der Waals surface area contributed by atoms with Crippen LogP contribution in [0, 0.1) is 5.82 Å². The molecule has 1 aliphatic heterocycles. The van der Waals surface area contributed by atoms with E-state index in [9.17, 15) is 24.8 Å². The lowest BCUT2D eigenvalue weighted by Gasteiger charge is -2.40. The fourth-order valence-electron chi connectivity index (χ4n) is 3.94. The Morgan fingerprint density at radius 1 is 1.07 bits per heavy atom. The zero-order valence-corrected chi connectivity index (χ0v) is 16.7. The van der Waals surface area contributed by atoms with Crippen molar-refractivity contribution in [3.63, 3.8) is 0 Å². The third-order valence-electron chi connectivity index (χ3n) is 5.50. The number of rotatable bonds is 5. The minimum atomic E-state index is -1.50. The molecule has 1 aliphatic rings. The lowest BCUT2D eigenvalue weighted by atomic mass is 9.91. The van der Waals surface area contributed by atoms with Gasteiger partial charge in [-0.1, -0.05) is 13.0 Å². The third-order valence-corrected chi connectivity index (χ3v) is 6.73. The molecule has 3 heterocycles. The first-order valence-electron chi connectivity index (χ1n) is 9.61. The van der Waals surface area contributed by atoms with Gasteiger partial charge in [-0.2, -0.15) is 0 Å². The van der Waals surface area contributed by atoms with Gasteiger partial charge in [0.05, 0.1) is 12.3 Å². The number of aryl methyl sites for hydroxylation is 1. The van der Waals surface area contributed by atoms with E-state index in [1.807, 2.05) is 12.1 Å². The molecule has 0 radical (unpaired) electrons. The van der Waals surface area contributed by atoms with Crippen molar-refractivity contribution in [3.8, 4) is 0 Å². The monoisotopic (exact) mass is 421 g/mol. The number of ether oxygens (including phenoxy) is 1. The molecule has 3 aromatic rings. The first-order valence-corrected chi connectivity index (χ1v) is 10.4. The summed E-state index contributed by atoms with van der Waals surface area (Å²) in [5, 5.41) is 40.8. The maximum Gasteiger partial charge on any atom is 0.132 e. The van der Waals surface area contributed by atoms with Crippen LogP contribution in [0.15, 0.2) is 30.3 Å². The summed E-state index contributed by atoms with van der Waals surface area (Å²) in [6, 6.07) is 8.75. The van der Waals surface area contributed by atoms with Crippen LogP contribution < -0.4 is 0 Å². The zero-order valence-electron chi connectivity index (χ0n) is 15.9. The van der Waals surface area contributed by atoms with Crippen LogP contribution in [0.5, 0.6) is 0 Å². The number of aromatic amines is 1. The normalized spacial score (nSPS) is 27.6. The van der Waals surface area contributed by atoms with Gasteiger partial charge in [-0.15, -0.1) is 11.3 Å². The minimum Gasteiger partial charge on any atom is -0.394 e. The third kappa shape index (κ3) is 3.61. The van der Waals surface area contributed by atoms with Gasteiger partial charge in [0.1, 0.15) is 36.3 Å². The summed E-state index contributed by atoms with van der Waals surface area (Å²) in [5.41, 5.74) is 1.62. The van der Waals surface area contributed by atoms with Crippen molar-refractivity contribution < 1.29 is 29.6 Å². The number of thiophene rings is 1. The molecule has 6 nitrogen and oxygen atoms in total. The summed E-state index contributed by atoms with van der Waals surface area (Å²) in [5.74, 6) is -0.392. The van der Waals surface area contributed by atoms with Gasteiger partial charge in [0.25, 0.3) is 0 Å². The average Bonchev–Trinajstić information content (AvgIpc) is 3.32. The highest BCUT2D eigenvalue weighted by molar-refractivity contribution is 7.12. The van der Waals surface area contributed by atoms with Crippen LogP contribution >= 0.6 is 11.3 Å². The predicted octanol–water partition coefficient (Wildman–Crippen LogP) is 2.04. The molecule has 29 heavy (non-hydrogen) atoms. The van der Waals surface area contributed by atoms with Crippen molar-refractivity contribution in [2.45, 2.75) is 50.3 Å². The number of hydrogen-bond acceptors (Lipinski definition) is 6. The van der Waals surface area contributed by atoms with Gasteiger partial charge in [-0.3, -0.25) is 0 Å². The fraction of sp³-hybridized carbons (Fsp3) is 0.429. The lowest BCUT2D eigenvalue weighted by Crippen LogP contribution is -2.55. The van der Waals surface area contributed by atoms with Crippen LogP contribution in [0.4, 0.5) is 4.39 Å². The average molecular weight is 421 g/mol. The molecule has 0 saturated carbocycles. The number of aromatic nitrogens is 1.